The maximum Gasteiger partial charge on any atom is 0.180 e. The number of hydrogen-bond donors (Lipinski definition) is 0. The molecule has 6 heavy (non-hydrogen) atoms. The minimum absolute atomic E-state index is 0.728. The van der Waals surface area contributed by atoms with Crippen LogP contribution < -0.4 is 0 Å². The maximum absolute atomic E-state index is 4.78. The third-order valence-corrected chi connectivity index (χ3v) is 0.642. The van der Waals surface area contributed by atoms with E-state index in [4.69, 9.17) is 4.74 Å². The van der Waals surface area contributed by atoms with Gasteiger partial charge in [-0.3, -0.25) is 4.99 Å². The van der Waals surface area contributed by atoms with Crippen LogP contribution in [0, 0.1) is 6.61 Å². The van der Waals surface area contributed by atoms with Crippen LogP contribution in [0.4, 0.5) is 0 Å². The molecule has 0 atom stereocenters. The van der Waals surface area contributed by atoms with Crippen LogP contribution in [0.3, 0.4) is 0 Å². The summed E-state index contributed by atoms with van der Waals surface area (Å²) in [7, 11) is 0. The van der Waals surface area contributed by atoms with E-state index < -0.39 is 0 Å². The highest BCUT2D eigenvalue weighted by molar-refractivity contribution is 5.74. The molecule has 0 unspecified atom stereocenters. The van der Waals surface area contributed by atoms with E-state index in [0.29, 0.717) is 0 Å². The molecule has 2 heteroatoms. The first-order valence-corrected chi connectivity index (χ1v) is 1.89. The van der Waals surface area contributed by atoms with Crippen LogP contribution in [0.25, 0.3) is 0 Å². The quantitative estimate of drug-likeness (QED) is 0.421. The smallest absolute Gasteiger partial charge is 0.180 e. The lowest BCUT2D eigenvalue weighted by atomic mass is 10.8. The van der Waals surface area contributed by atoms with Gasteiger partial charge >= 0.3 is 0 Å². The van der Waals surface area contributed by atoms with Gasteiger partial charge in [0.1, 0.15) is 0 Å². The summed E-state index contributed by atoms with van der Waals surface area (Å²) in [6.45, 7) is 4.24. The van der Waals surface area contributed by atoms with Gasteiger partial charge in [0.2, 0.25) is 0 Å². The standard InChI is InChI=1S/C4H6NO/c1-4-5-2-3-6-4/h3H,2H2,1H3. The van der Waals surface area contributed by atoms with Gasteiger partial charge in [-0.1, -0.05) is 0 Å². The fourth-order valence-corrected chi connectivity index (χ4v) is 0.361. The van der Waals surface area contributed by atoms with Gasteiger partial charge in [0.25, 0.3) is 0 Å². The zero-order valence-corrected chi connectivity index (χ0v) is 3.64. The molecule has 33 valence electrons. The summed E-state index contributed by atoms with van der Waals surface area (Å²) in [5, 5.41) is 0. The zero-order valence-electron chi connectivity index (χ0n) is 3.64. The van der Waals surface area contributed by atoms with Crippen LogP contribution >= 0.6 is 0 Å². The van der Waals surface area contributed by atoms with Crippen LogP contribution in [-0.2, 0) is 4.74 Å². The highest BCUT2D eigenvalue weighted by atomic mass is 16.5. The Labute approximate surface area is 36.8 Å². The number of hydrogen-bond acceptors (Lipinski definition) is 2. The van der Waals surface area contributed by atoms with E-state index in [1.165, 1.54) is 0 Å². The summed E-state index contributed by atoms with van der Waals surface area (Å²) in [6, 6.07) is 0. The van der Waals surface area contributed by atoms with Gasteiger partial charge in [-0.05, 0) is 0 Å². The molecule has 1 aliphatic rings. The minimum Gasteiger partial charge on any atom is -0.472 e. The number of rotatable bonds is 0. The van der Waals surface area contributed by atoms with Crippen LogP contribution in [0.15, 0.2) is 4.99 Å². The molecule has 0 amide bonds. The van der Waals surface area contributed by atoms with Crippen molar-refractivity contribution in [3.05, 3.63) is 6.61 Å². The summed E-state index contributed by atoms with van der Waals surface area (Å²) >= 11 is 0. The normalized spacial score (nSPS) is 19.8. The summed E-state index contributed by atoms with van der Waals surface area (Å²) in [5.41, 5.74) is 0. The molecule has 0 fully saturated rings. The van der Waals surface area contributed by atoms with Gasteiger partial charge in [-0.15, -0.1) is 0 Å². The molecule has 1 rings (SSSR count). The van der Waals surface area contributed by atoms with E-state index in [1.54, 1.807) is 6.61 Å². The van der Waals surface area contributed by atoms with E-state index in [1.807, 2.05) is 6.92 Å². The average molecular weight is 84.1 g/mol. The highest BCUT2D eigenvalue weighted by Crippen LogP contribution is 1.94. The molecule has 0 aromatic carbocycles. The van der Waals surface area contributed by atoms with Crippen LogP contribution in [0.2, 0.25) is 0 Å². The highest BCUT2D eigenvalue weighted by Gasteiger charge is 1.97. The molecule has 0 aliphatic carbocycles. The molecular formula is C4H6NO. The zero-order chi connectivity index (χ0) is 4.41. The Kier molecular flexibility index (Phi) is 0.783. The Hall–Kier alpha value is -0.530. The molecule has 0 saturated carbocycles. The summed E-state index contributed by atoms with van der Waals surface area (Å²) < 4.78 is 4.78. The lowest BCUT2D eigenvalue weighted by Gasteiger charge is -1.85. The average Bonchev–Trinajstić information content (AvgIpc) is 1.86. The van der Waals surface area contributed by atoms with Crippen LogP contribution in [0.1, 0.15) is 6.92 Å². The summed E-state index contributed by atoms with van der Waals surface area (Å²) in [6.07, 6.45) is 0. The largest absolute Gasteiger partial charge is 0.472 e. The van der Waals surface area contributed by atoms with E-state index in [2.05, 4.69) is 4.99 Å². The molecule has 0 spiro atoms. The Morgan fingerprint density at radius 2 is 2.83 bits per heavy atom. The fourth-order valence-electron chi connectivity index (χ4n) is 0.361. The third kappa shape index (κ3) is 0.506. The SMILES string of the molecule is CC1=NC[CH]O1. The van der Waals surface area contributed by atoms with Crippen molar-refractivity contribution in [2.45, 2.75) is 6.92 Å². The van der Waals surface area contributed by atoms with Gasteiger partial charge < -0.3 is 4.74 Å². The second-order valence-electron chi connectivity index (χ2n) is 1.14. The lowest BCUT2D eigenvalue weighted by Crippen LogP contribution is -1.84. The lowest BCUT2D eigenvalue weighted by molar-refractivity contribution is 0.423. The van der Waals surface area contributed by atoms with E-state index in [0.717, 1.165) is 12.4 Å². The first kappa shape index (κ1) is 3.65. The van der Waals surface area contributed by atoms with Crippen molar-refractivity contribution in [2.75, 3.05) is 6.54 Å². The van der Waals surface area contributed by atoms with Crippen LogP contribution in [-0.4, -0.2) is 12.4 Å². The Morgan fingerprint density at radius 1 is 2.00 bits per heavy atom. The van der Waals surface area contributed by atoms with Crippen molar-refractivity contribution in [1.29, 1.82) is 0 Å². The minimum atomic E-state index is 0.728. The Balaban J connectivity index is 2.45. The number of aliphatic imine (C=N–C) groups is 1. The molecule has 0 aromatic rings. The molecule has 1 radical (unpaired) electrons. The van der Waals surface area contributed by atoms with E-state index in [9.17, 15) is 0 Å². The summed E-state index contributed by atoms with van der Waals surface area (Å²) in [5.74, 6) is 0.773. The van der Waals surface area contributed by atoms with Gasteiger partial charge in [0.15, 0.2) is 12.5 Å². The Bertz CT molecular complexity index is 77.6. The maximum atomic E-state index is 4.78. The van der Waals surface area contributed by atoms with Gasteiger partial charge in [-0.25, -0.2) is 0 Å². The topological polar surface area (TPSA) is 21.6 Å². The van der Waals surface area contributed by atoms with Crippen molar-refractivity contribution >= 4 is 5.90 Å². The molecule has 0 aromatic heterocycles. The summed E-state index contributed by atoms with van der Waals surface area (Å²) in [4.78, 5) is 3.88. The molecule has 1 heterocycles. The third-order valence-electron chi connectivity index (χ3n) is 0.642. The van der Waals surface area contributed by atoms with Gasteiger partial charge in [-0.2, -0.15) is 0 Å². The second-order valence-corrected chi connectivity index (χ2v) is 1.14. The van der Waals surface area contributed by atoms with Crippen LogP contribution in [0.5, 0.6) is 0 Å². The molecule has 1 aliphatic heterocycles. The van der Waals surface area contributed by atoms with E-state index >= 15 is 0 Å². The molecule has 0 saturated heterocycles. The molecule has 0 N–H and O–H groups in total. The predicted molar refractivity (Wildman–Crippen MR) is 23.4 cm³/mol. The van der Waals surface area contributed by atoms with Crippen molar-refractivity contribution in [1.82, 2.24) is 0 Å². The first-order chi connectivity index (χ1) is 2.89. The molecular weight excluding hydrogens is 78.0 g/mol. The molecule has 2 nitrogen and oxygen atoms in total. The van der Waals surface area contributed by atoms with Gasteiger partial charge in [0, 0.05) is 6.92 Å². The van der Waals surface area contributed by atoms with E-state index in [-0.39, 0.29) is 0 Å². The van der Waals surface area contributed by atoms with Crippen molar-refractivity contribution in [3.63, 3.8) is 0 Å². The number of nitrogens with zero attached hydrogens (tertiary/aromatic N) is 1. The fraction of sp³-hybridized carbons (Fsp3) is 0.500. The second kappa shape index (κ2) is 1.29. The number of ether oxygens (including phenoxy) is 1. The van der Waals surface area contributed by atoms with Crippen molar-refractivity contribution in [3.8, 4) is 0 Å². The van der Waals surface area contributed by atoms with Crippen molar-refractivity contribution in [2.24, 2.45) is 4.99 Å². The monoisotopic (exact) mass is 84.0 g/mol. The van der Waals surface area contributed by atoms with Gasteiger partial charge in [0.05, 0.1) is 6.54 Å². The predicted octanol–water partition coefficient (Wildman–Crippen LogP) is 0.597. The van der Waals surface area contributed by atoms with Crippen molar-refractivity contribution < 1.29 is 4.74 Å². The molecule has 0 bridgehead atoms. The first-order valence-electron chi connectivity index (χ1n) is 1.89. The Morgan fingerprint density at radius 3 is 3.00 bits per heavy atom.